The molecule has 1 aromatic carbocycles. The number of carboxylic acids is 1. The average molecular weight is 372 g/mol. The van der Waals surface area contributed by atoms with Crippen LogP contribution in [0.5, 0.6) is 0 Å². The summed E-state index contributed by atoms with van der Waals surface area (Å²) in [6.45, 7) is 2.00. The van der Waals surface area contributed by atoms with Crippen molar-refractivity contribution in [2.24, 2.45) is 0 Å². The summed E-state index contributed by atoms with van der Waals surface area (Å²) in [6, 6.07) is 3.09. The van der Waals surface area contributed by atoms with Crippen LogP contribution in [0.15, 0.2) is 22.0 Å². The molecule has 2 N–H and O–H groups in total. The van der Waals surface area contributed by atoms with Crippen molar-refractivity contribution in [2.75, 3.05) is 5.32 Å². The first-order chi connectivity index (χ1) is 9.88. The second kappa shape index (κ2) is 6.19. The van der Waals surface area contributed by atoms with E-state index < -0.39 is 10.9 Å². The zero-order valence-electron chi connectivity index (χ0n) is 10.8. The highest BCUT2D eigenvalue weighted by Crippen LogP contribution is 2.31. The highest BCUT2D eigenvalue weighted by molar-refractivity contribution is 9.10. The third-order valence-corrected chi connectivity index (χ3v) is 4.19. The van der Waals surface area contributed by atoms with Gasteiger partial charge in [0.05, 0.1) is 11.5 Å². The minimum absolute atomic E-state index is 0.00995. The lowest BCUT2D eigenvalue weighted by Crippen LogP contribution is -2.03. The molecule has 0 aliphatic carbocycles. The van der Waals surface area contributed by atoms with E-state index in [0.29, 0.717) is 27.3 Å². The van der Waals surface area contributed by atoms with Crippen molar-refractivity contribution in [3.05, 3.63) is 48.4 Å². The number of nitro benzene ring substituents is 1. The lowest BCUT2D eigenvalue weighted by Gasteiger charge is -2.08. The van der Waals surface area contributed by atoms with Crippen LogP contribution in [0.1, 0.15) is 21.1 Å². The Labute approximate surface area is 131 Å². The van der Waals surface area contributed by atoms with Crippen molar-refractivity contribution in [3.8, 4) is 0 Å². The number of aromatic nitrogens is 1. The van der Waals surface area contributed by atoms with Gasteiger partial charge in [-0.1, -0.05) is 0 Å². The maximum atomic E-state index is 10.8. The molecule has 0 unspecified atom stereocenters. The molecular formula is C12H10BrN3O4S. The van der Waals surface area contributed by atoms with E-state index in [1.54, 1.807) is 13.0 Å². The number of hydrogen-bond donors (Lipinski definition) is 2. The molecular weight excluding hydrogens is 362 g/mol. The number of nitrogens with zero attached hydrogens (tertiary/aromatic N) is 2. The molecule has 21 heavy (non-hydrogen) atoms. The Morgan fingerprint density at radius 3 is 2.86 bits per heavy atom. The van der Waals surface area contributed by atoms with Gasteiger partial charge in [-0.15, -0.1) is 11.3 Å². The highest BCUT2D eigenvalue weighted by atomic mass is 79.9. The maximum absolute atomic E-state index is 10.8. The predicted molar refractivity (Wildman–Crippen MR) is 81.9 cm³/mol. The van der Waals surface area contributed by atoms with E-state index in [4.69, 9.17) is 5.11 Å². The topological polar surface area (TPSA) is 105 Å². The minimum atomic E-state index is -1.06. The Hall–Kier alpha value is -2.00. The predicted octanol–water partition coefficient (Wildman–Crippen LogP) is 3.43. The molecule has 0 fully saturated rings. The molecule has 110 valence electrons. The van der Waals surface area contributed by atoms with Crippen molar-refractivity contribution in [1.82, 2.24) is 4.98 Å². The molecule has 2 aromatic rings. The number of rotatable bonds is 5. The fourth-order valence-corrected chi connectivity index (χ4v) is 2.84. The third kappa shape index (κ3) is 3.56. The normalized spacial score (nSPS) is 10.4. The van der Waals surface area contributed by atoms with Crippen LogP contribution in [0, 0.1) is 17.0 Å². The molecule has 0 aliphatic rings. The number of carbonyl (C=O) groups is 1. The second-order valence-electron chi connectivity index (χ2n) is 4.16. The number of benzene rings is 1. The first kappa shape index (κ1) is 15.4. The number of hydrogen-bond acceptors (Lipinski definition) is 6. The van der Waals surface area contributed by atoms with Crippen molar-refractivity contribution in [1.29, 1.82) is 0 Å². The molecule has 0 spiro atoms. The van der Waals surface area contributed by atoms with E-state index in [2.05, 4.69) is 26.2 Å². The van der Waals surface area contributed by atoms with E-state index >= 15 is 0 Å². The van der Waals surface area contributed by atoms with Gasteiger partial charge in [0.25, 0.3) is 5.69 Å². The molecule has 0 saturated carbocycles. The fourth-order valence-electron chi connectivity index (χ4n) is 1.66. The quantitative estimate of drug-likeness (QED) is 0.615. The van der Waals surface area contributed by atoms with Crippen LogP contribution in [0.25, 0.3) is 0 Å². The van der Waals surface area contributed by atoms with Gasteiger partial charge in [-0.25, -0.2) is 9.78 Å². The van der Waals surface area contributed by atoms with E-state index in [0.717, 1.165) is 0 Å². The Bertz CT molecular complexity index is 717. The Morgan fingerprint density at radius 1 is 1.57 bits per heavy atom. The molecule has 1 heterocycles. The molecule has 1 aromatic heterocycles. The molecule has 0 atom stereocenters. The number of halogens is 1. The van der Waals surface area contributed by atoms with Gasteiger partial charge in [0.2, 0.25) is 0 Å². The van der Waals surface area contributed by atoms with E-state index in [-0.39, 0.29) is 11.4 Å². The van der Waals surface area contributed by atoms with Crippen molar-refractivity contribution < 1.29 is 14.8 Å². The molecule has 0 bridgehead atoms. The van der Waals surface area contributed by atoms with Crippen molar-refractivity contribution >= 4 is 44.6 Å². The molecule has 0 amide bonds. The summed E-state index contributed by atoms with van der Waals surface area (Å²) in [5, 5.41) is 24.8. The highest BCUT2D eigenvalue weighted by Gasteiger charge is 2.14. The molecule has 0 radical (unpaired) electrons. The van der Waals surface area contributed by atoms with Crippen LogP contribution >= 0.6 is 27.3 Å². The summed E-state index contributed by atoms with van der Waals surface area (Å²) >= 11 is 4.51. The fraction of sp³-hybridized carbons (Fsp3) is 0.167. The average Bonchev–Trinajstić information content (AvgIpc) is 2.88. The summed E-state index contributed by atoms with van der Waals surface area (Å²) in [6.07, 6.45) is 0. The number of carboxylic acid groups (broad SMARTS) is 1. The number of thiazole rings is 1. The number of nitro groups is 1. The third-order valence-electron chi connectivity index (χ3n) is 2.68. The van der Waals surface area contributed by atoms with Crippen molar-refractivity contribution in [2.45, 2.75) is 13.5 Å². The van der Waals surface area contributed by atoms with Gasteiger partial charge < -0.3 is 10.4 Å². The monoisotopic (exact) mass is 371 g/mol. The summed E-state index contributed by atoms with van der Waals surface area (Å²) in [4.78, 5) is 25.1. The first-order valence-corrected chi connectivity index (χ1v) is 7.42. The van der Waals surface area contributed by atoms with Crippen LogP contribution in [-0.4, -0.2) is 21.0 Å². The van der Waals surface area contributed by atoms with Crippen LogP contribution in [0.4, 0.5) is 11.4 Å². The SMILES string of the molecule is Cc1cc(NCc2nc(C(=O)O)cs2)c(Br)cc1[N+](=O)[O-]. The summed E-state index contributed by atoms with van der Waals surface area (Å²) < 4.78 is 0.565. The van der Waals surface area contributed by atoms with Crippen LogP contribution in [0.3, 0.4) is 0 Å². The van der Waals surface area contributed by atoms with Crippen LogP contribution in [0.2, 0.25) is 0 Å². The Balaban J connectivity index is 2.14. The van der Waals surface area contributed by atoms with Gasteiger partial charge >= 0.3 is 5.97 Å². The van der Waals surface area contributed by atoms with E-state index in [1.807, 2.05) is 0 Å². The Kier molecular flexibility index (Phi) is 4.53. The standard InChI is InChI=1S/C12H10BrN3O4S/c1-6-2-8(7(13)3-10(6)16(19)20)14-4-11-15-9(5-21-11)12(17)18/h2-3,5,14H,4H2,1H3,(H,17,18). The van der Waals surface area contributed by atoms with Crippen molar-refractivity contribution in [3.63, 3.8) is 0 Å². The first-order valence-electron chi connectivity index (χ1n) is 5.74. The zero-order valence-corrected chi connectivity index (χ0v) is 13.2. The van der Waals surface area contributed by atoms with Gasteiger partial charge in [0, 0.05) is 27.2 Å². The molecule has 7 nitrogen and oxygen atoms in total. The summed E-state index contributed by atoms with van der Waals surface area (Å²) in [7, 11) is 0. The zero-order chi connectivity index (χ0) is 15.6. The Morgan fingerprint density at radius 2 is 2.29 bits per heavy atom. The van der Waals surface area contributed by atoms with Crippen LogP contribution in [-0.2, 0) is 6.54 Å². The number of aryl methyl sites for hydroxylation is 1. The number of nitrogens with one attached hydrogen (secondary N) is 1. The van der Waals surface area contributed by atoms with Gasteiger partial charge in [0.15, 0.2) is 5.69 Å². The van der Waals surface area contributed by atoms with Gasteiger partial charge in [-0.05, 0) is 28.9 Å². The van der Waals surface area contributed by atoms with Gasteiger partial charge in [0.1, 0.15) is 5.01 Å². The maximum Gasteiger partial charge on any atom is 0.355 e. The largest absolute Gasteiger partial charge is 0.476 e. The van der Waals surface area contributed by atoms with Crippen LogP contribution < -0.4 is 5.32 Å². The smallest absolute Gasteiger partial charge is 0.355 e. The van der Waals surface area contributed by atoms with Gasteiger partial charge in [-0.3, -0.25) is 10.1 Å². The summed E-state index contributed by atoms with van der Waals surface area (Å²) in [5.74, 6) is -1.06. The minimum Gasteiger partial charge on any atom is -0.476 e. The van der Waals surface area contributed by atoms with E-state index in [1.165, 1.54) is 22.8 Å². The molecule has 2 rings (SSSR count). The lowest BCUT2D eigenvalue weighted by molar-refractivity contribution is -0.385. The molecule has 9 heteroatoms. The van der Waals surface area contributed by atoms with Gasteiger partial charge in [-0.2, -0.15) is 0 Å². The number of anilines is 1. The lowest BCUT2D eigenvalue weighted by atomic mass is 10.2. The number of aromatic carboxylic acids is 1. The van der Waals surface area contributed by atoms with E-state index in [9.17, 15) is 14.9 Å². The summed E-state index contributed by atoms with van der Waals surface area (Å²) in [5.41, 5.74) is 1.27. The molecule has 0 saturated heterocycles. The molecule has 0 aliphatic heterocycles. The second-order valence-corrected chi connectivity index (χ2v) is 5.96.